The van der Waals surface area contributed by atoms with Crippen LogP contribution in [0.5, 0.6) is 0 Å². The molecule has 0 atom stereocenters. The number of thiophene rings is 1. The van der Waals surface area contributed by atoms with Crippen molar-refractivity contribution in [1.82, 2.24) is 9.88 Å². The second-order valence-electron chi connectivity index (χ2n) is 5.83. The fourth-order valence-corrected chi connectivity index (χ4v) is 4.93. The predicted molar refractivity (Wildman–Crippen MR) is 111 cm³/mol. The van der Waals surface area contributed by atoms with E-state index in [4.69, 9.17) is 11.6 Å². The summed E-state index contributed by atoms with van der Waals surface area (Å²) in [5.74, 6) is -0.0474. The summed E-state index contributed by atoms with van der Waals surface area (Å²) >= 11 is 12.3. The van der Waals surface area contributed by atoms with Gasteiger partial charge in [0.15, 0.2) is 5.13 Å². The highest BCUT2D eigenvalue weighted by Crippen LogP contribution is 2.33. The number of hydrogen-bond donors (Lipinski definition) is 0. The summed E-state index contributed by atoms with van der Waals surface area (Å²) in [4.78, 5) is 22.2. The molecule has 0 saturated carbocycles. The largest absolute Gasteiger partial charge is 0.309 e. The number of carbonyl (C=O) groups is 1. The molecule has 0 unspecified atom stereocenters. The van der Waals surface area contributed by atoms with Gasteiger partial charge in [0.05, 0.1) is 19.4 Å². The first kappa shape index (κ1) is 18.8. The topological polar surface area (TPSA) is 36.4 Å². The molecule has 0 spiro atoms. The zero-order valence-corrected chi connectivity index (χ0v) is 17.8. The molecule has 8 heteroatoms. The van der Waals surface area contributed by atoms with Gasteiger partial charge in [0.2, 0.25) is 0 Å². The van der Waals surface area contributed by atoms with Gasteiger partial charge in [-0.3, -0.25) is 9.69 Å². The molecule has 0 fully saturated rings. The van der Waals surface area contributed by atoms with Crippen LogP contribution in [0.15, 0.2) is 34.8 Å². The first-order valence-electron chi connectivity index (χ1n) is 7.72. The summed E-state index contributed by atoms with van der Waals surface area (Å²) in [5, 5.41) is 0.723. The van der Waals surface area contributed by atoms with Crippen molar-refractivity contribution in [3.05, 3.63) is 44.0 Å². The quantitative estimate of drug-likeness (QED) is 0.498. The summed E-state index contributed by atoms with van der Waals surface area (Å²) in [6, 6.07) is 9.49. The van der Waals surface area contributed by atoms with Gasteiger partial charge in [-0.15, -0.1) is 11.3 Å². The van der Waals surface area contributed by atoms with Gasteiger partial charge in [-0.05, 0) is 57.4 Å². The smallest absolute Gasteiger partial charge is 0.270 e. The van der Waals surface area contributed by atoms with Crippen LogP contribution in [0.2, 0.25) is 4.34 Å². The lowest BCUT2D eigenvalue weighted by atomic mass is 10.3. The Bertz CT molecular complexity index is 893. The molecule has 25 heavy (non-hydrogen) atoms. The number of hydrogen-bond acceptors (Lipinski definition) is 5. The Hall–Kier alpha value is -0.990. The second kappa shape index (κ2) is 8.14. The Morgan fingerprint density at radius 1 is 1.20 bits per heavy atom. The molecule has 1 aromatic carbocycles. The SMILES string of the molecule is CN(C)CCCN(C(=O)c1ccc(Cl)s1)c1nc2ccc(Br)cc2s1. The van der Waals surface area contributed by atoms with Crippen molar-refractivity contribution >= 4 is 71.5 Å². The van der Waals surface area contributed by atoms with Crippen LogP contribution < -0.4 is 4.90 Å². The van der Waals surface area contributed by atoms with Gasteiger partial charge in [0.1, 0.15) is 0 Å². The maximum atomic E-state index is 13.0. The number of benzene rings is 1. The molecule has 3 aromatic rings. The molecule has 3 rings (SSSR count). The van der Waals surface area contributed by atoms with Crippen molar-refractivity contribution < 1.29 is 4.79 Å². The number of halogens is 2. The average Bonchev–Trinajstić information content (AvgIpc) is 3.16. The molecule has 0 bridgehead atoms. The van der Waals surface area contributed by atoms with Crippen molar-refractivity contribution in [2.75, 3.05) is 32.1 Å². The number of anilines is 1. The van der Waals surface area contributed by atoms with Gasteiger partial charge in [0, 0.05) is 11.0 Å². The van der Waals surface area contributed by atoms with Crippen LogP contribution >= 0.6 is 50.2 Å². The summed E-state index contributed by atoms with van der Waals surface area (Å²) in [7, 11) is 4.06. The normalized spacial score (nSPS) is 11.4. The predicted octanol–water partition coefficient (Wildman–Crippen LogP) is 5.37. The lowest BCUT2D eigenvalue weighted by Gasteiger charge is -2.20. The van der Waals surface area contributed by atoms with Crippen LogP contribution in [0, 0.1) is 0 Å². The van der Waals surface area contributed by atoms with E-state index in [9.17, 15) is 4.79 Å². The molecule has 2 heterocycles. The zero-order chi connectivity index (χ0) is 18.0. The third-order valence-electron chi connectivity index (χ3n) is 3.59. The van der Waals surface area contributed by atoms with Gasteiger partial charge in [-0.1, -0.05) is 38.9 Å². The maximum Gasteiger partial charge on any atom is 0.270 e. The maximum absolute atomic E-state index is 13.0. The number of rotatable bonds is 6. The number of thiazole rings is 1. The number of fused-ring (bicyclic) bond motifs is 1. The second-order valence-corrected chi connectivity index (χ2v) is 9.47. The minimum atomic E-state index is -0.0474. The first-order valence-corrected chi connectivity index (χ1v) is 10.5. The Kier molecular flexibility index (Phi) is 6.12. The van der Waals surface area contributed by atoms with E-state index in [2.05, 4.69) is 25.8 Å². The molecular formula is C17H17BrClN3OS2. The highest BCUT2D eigenvalue weighted by Gasteiger charge is 2.22. The van der Waals surface area contributed by atoms with E-state index in [0.29, 0.717) is 15.8 Å². The van der Waals surface area contributed by atoms with Gasteiger partial charge in [-0.25, -0.2) is 4.98 Å². The monoisotopic (exact) mass is 457 g/mol. The molecule has 0 aliphatic heterocycles. The van der Waals surface area contributed by atoms with Crippen molar-refractivity contribution in [3.8, 4) is 0 Å². The van der Waals surface area contributed by atoms with Crippen molar-refractivity contribution in [3.63, 3.8) is 0 Å². The van der Waals surface area contributed by atoms with E-state index in [0.717, 1.165) is 32.8 Å². The van der Waals surface area contributed by atoms with Crippen LogP contribution in [0.1, 0.15) is 16.1 Å². The van der Waals surface area contributed by atoms with E-state index in [1.807, 2.05) is 32.3 Å². The Morgan fingerprint density at radius 3 is 2.68 bits per heavy atom. The Morgan fingerprint density at radius 2 is 2.00 bits per heavy atom. The van der Waals surface area contributed by atoms with Crippen molar-refractivity contribution in [1.29, 1.82) is 0 Å². The van der Waals surface area contributed by atoms with E-state index < -0.39 is 0 Å². The summed E-state index contributed by atoms with van der Waals surface area (Å²) < 4.78 is 2.68. The molecule has 0 N–H and O–H groups in total. The molecule has 0 aliphatic carbocycles. The summed E-state index contributed by atoms with van der Waals surface area (Å²) in [6.07, 6.45) is 0.872. The first-order chi connectivity index (χ1) is 11.9. The molecule has 0 saturated heterocycles. The van der Waals surface area contributed by atoms with Crippen LogP contribution in [-0.4, -0.2) is 43.0 Å². The van der Waals surface area contributed by atoms with Crippen molar-refractivity contribution in [2.24, 2.45) is 0 Å². The molecule has 2 aromatic heterocycles. The fourth-order valence-electron chi connectivity index (χ4n) is 2.39. The number of nitrogens with zero attached hydrogens (tertiary/aromatic N) is 3. The van der Waals surface area contributed by atoms with E-state index in [1.165, 1.54) is 22.7 Å². The summed E-state index contributed by atoms with van der Waals surface area (Å²) in [5.41, 5.74) is 0.901. The van der Waals surface area contributed by atoms with Gasteiger partial charge < -0.3 is 4.90 Å². The fraction of sp³-hybridized carbons (Fsp3) is 0.294. The molecule has 4 nitrogen and oxygen atoms in total. The highest BCUT2D eigenvalue weighted by atomic mass is 79.9. The number of amides is 1. The minimum Gasteiger partial charge on any atom is -0.309 e. The van der Waals surface area contributed by atoms with Gasteiger partial charge in [0.25, 0.3) is 5.91 Å². The van der Waals surface area contributed by atoms with E-state index in [1.54, 1.807) is 17.0 Å². The van der Waals surface area contributed by atoms with E-state index >= 15 is 0 Å². The molecule has 0 radical (unpaired) electrons. The lowest BCUT2D eigenvalue weighted by molar-refractivity contribution is 0.0990. The standard InChI is InChI=1S/C17H17BrClN3OS2/c1-21(2)8-3-9-22(16(23)13-6-7-15(19)24-13)17-20-12-5-4-11(18)10-14(12)25-17/h4-7,10H,3,8-9H2,1-2H3. The number of aromatic nitrogens is 1. The van der Waals surface area contributed by atoms with Crippen molar-refractivity contribution in [2.45, 2.75) is 6.42 Å². The van der Waals surface area contributed by atoms with E-state index in [-0.39, 0.29) is 5.91 Å². The minimum absolute atomic E-state index is 0.0474. The third kappa shape index (κ3) is 4.60. The number of carbonyl (C=O) groups excluding carboxylic acids is 1. The third-order valence-corrected chi connectivity index (χ3v) is 6.34. The van der Waals surface area contributed by atoms with Gasteiger partial charge in [-0.2, -0.15) is 0 Å². The van der Waals surface area contributed by atoms with Crippen LogP contribution in [0.3, 0.4) is 0 Å². The van der Waals surface area contributed by atoms with Crippen LogP contribution in [-0.2, 0) is 0 Å². The average molecular weight is 459 g/mol. The molecule has 0 aliphatic rings. The van der Waals surface area contributed by atoms with Crippen LogP contribution in [0.25, 0.3) is 10.2 Å². The lowest BCUT2D eigenvalue weighted by Crippen LogP contribution is -2.32. The Balaban J connectivity index is 1.92. The summed E-state index contributed by atoms with van der Waals surface area (Å²) in [6.45, 7) is 1.53. The zero-order valence-electron chi connectivity index (χ0n) is 13.8. The van der Waals surface area contributed by atoms with Crippen LogP contribution in [0.4, 0.5) is 5.13 Å². The molecular weight excluding hydrogens is 442 g/mol. The molecule has 132 valence electrons. The highest BCUT2D eigenvalue weighted by molar-refractivity contribution is 9.10. The Labute approximate surface area is 168 Å². The van der Waals surface area contributed by atoms with Gasteiger partial charge >= 0.3 is 0 Å². The molecule has 1 amide bonds.